The molecule has 1 heterocycles. The highest BCUT2D eigenvalue weighted by Crippen LogP contribution is 2.14. The van der Waals surface area contributed by atoms with Crippen molar-refractivity contribution in [2.45, 2.75) is 6.92 Å². The molecular formula is C7H11NO2S. The smallest absolute Gasteiger partial charge is 0.224 e. The summed E-state index contributed by atoms with van der Waals surface area (Å²) in [6.45, 7) is 3.13. The van der Waals surface area contributed by atoms with Gasteiger partial charge in [0.1, 0.15) is 6.61 Å². The molecule has 3 nitrogen and oxygen atoms in total. The number of aryl methyl sites for hydroxylation is 1. The number of hydrogen-bond donors (Lipinski definition) is 0. The van der Waals surface area contributed by atoms with E-state index in [1.54, 1.807) is 18.4 Å². The molecule has 0 amide bonds. The standard InChI is InChI=1S/C7H11NO2S/c1-6-8-7(5-11-6)10-4-3-9-2/h5H,3-4H2,1-2H3. The van der Waals surface area contributed by atoms with Gasteiger partial charge >= 0.3 is 0 Å². The molecule has 0 aliphatic heterocycles. The summed E-state index contributed by atoms with van der Waals surface area (Å²) in [7, 11) is 1.65. The first-order chi connectivity index (χ1) is 5.33. The van der Waals surface area contributed by atoms with Crippen molar-refractivity contribution >= 4 is 11.3 Å². The Balaban J connectivity index is 2.27. The molecule has 0 unspecified atom stereocenters. The van der Waals surface area contributed by atoms with Crippen LogP contribution in [0.3, 0.4) is 0 Å². The molecule has 1 aromatic heterocycles. The average molecular weight is 173 g/mol. The fourth-order valence-corrected chi connectivity index (χ4v) is 1.17. The molecule has 62 valence electrons. The monoisotopic (exact) mass is 173 g/mol. The van der Waals surface area contributed by atoms with E-state index in [2.05, 4.69) is 4.98 Å². The maximum atomic E-state index is 5.24. The highest BCUT2D eigenvalue weighted by Gasteiger charge is 1.96. The van der Waals surface area contributed by atoms with Gasteiger partial charge in [0, 0.05) is 7.11 Å². The fourth-order valence-electron chi connectivity index (χ4n) is 0.639. The van der Waals surface area contributed by atoms with E-state index < -0.39 is 0 Å². The van der Waals surface area contributed by atoms with Crippen LogP contribution in [0.5, 0.6) is 5.88 Å². The highest BCUT2D eigenvalue weighted by atomic mass is 32.1. The molecule has 1 rings (SSSR count). The Morgan fingerprint density at radius 3 is 2.91 bits per heavy atom. The van der Waals surface area contributed by atoms with Crippen molar-refractivity contribution in [3.63, 3.8) is 0 Å². The second-order valence-electron chi connectivity index (χ2n) is 2.05. The maximum absolute atomic E-state index is 5.24. The minimum atomic E-state index is 0.569. The van der Waals surface area contributed by atoms with Crippen LogP contribution >= 0.6 is 11.3 Å². The summed E-state index contributed by atoms with van der Waals surface area (Å²) >= 11 is 1.59. The molecule has 11 heavy (non-hydrogen) atoms. The predicted octanol–water partition coefficient (Wildman–Crippen LogP) is 1.48. The second kappa shape index (κ2) is 4.31. The third kappa shape index (κ3) is 2.86. The molecular weight excluding hydrogens is 162 g/mol. The lowest BCUT2D eigenvalue weighted by molar-refractivity contribution is 0.144. The molecule has 0 aromatic carbocycles. The number of nitrogens with zero attached hydrogens (tertiary/aromatic N) is 1. The third-order valence-corrected chi connectivity index (χ3v) is 1.89. The molecule has 0 atom stereocenters. The molecule has 0 spiro atoms. The van der Waals surface area contributed by atoms with E-state index in [-0.39, 0.29) is 0 Å². The molecule has 0 bridgehead atoms. The summed E-state index contributed by atoms with van der Waals surface area (Å²) in [4.78, 5) is 4.12. The van der Waals surface area contributed by atoms with Crippen LogP contribution < -0.4 is 4.74 Å². The second-order valence-corrected chi connectivity index (χ2v) is 3.11. The van der Waals surface area contributed by atoms with E-state index in [0.717, 1.165) is 5.01 Å². The maximum Gasteiger partial charge on any atom is 0.224 e. The van der Waals surface area contributed by atoms with Gasteiger partial charge in [-0.15, -0.1) is 11.3 Å². The van der Waals surface area contributed by atoms with E-state index in [1.165, 1.54) is 0 Å². The van der Waals surface area contributed by atoms with Gasteiger partial charge in [0.15, 0.2) is 0 Å². The molecule has 0 aliphatic rings. The molecule has 0 radical (unpaired) electrons. The average Bonchev–Trinajstić information content (AvgIpc) is 2.37. The Morgan fingerprint density at radius 1 is 1.55 bits per heavy atom. The van der Waals surface area contributed by atoms with Gasteiger partial charge in [-0.3, -0.25) is 0 Å². The van der Waals surface area contributed by atoms with Crippen LogP contribution in [0.15, 0.2) is 5.38 Å². The summed E-state index contributed by atoms with van der Waals surface area (Å²) in [5.41, 5.74) is 0. The van der Waals surface area contributed by atoms with Crippen molar-refractivity contribution < 1.29 is 9.47 Å². The Labute approximate surface area is 70.0 Å². The highest BCUT2D eigenvalue weighted by molar-refractivity contribution is 7.09. The van der Waals surface area contributed by atoms with E-state index in [4.69, 9.17) is 9.47 Å². The van der Waals surface area contributed by atoms with Crippen LogP contribution in [-0.4, -0.2) is 25.3 Å². The number of thiazole rings is 1. The first-order valence-electron chi connectivity index (χ1n) is 3.37. The van der Waals surface area contributed by atoms with Crippen LogP contribution in [0.4, 0.5) is 0 Å². The van der Waals surface area contributed by atoms with Gasteiger partial charge < -0.3 is 9.47 Å². The molecule has 0 fully saturated rings. The quantitative estimate of drug-likeness (QED) is 0.646. The Bertz CT molecular complexity index is 212. The normalized spacial score (nSPS) is 10.0. The van der Waals surface area contributed by atoms with E-state index in [0.29, 0.717) is 19.1 Å². The molecule has 4 heteroatoms. The van der Waals surface area contributed by atoms with Crippen molar-refractivity contribution in [2.24, 2.45) is 0 Å². The lowest BCUT2D eigenvalue weighted by Crippen LogP contribution is -2.04. The van der Waals surface area contributed by atoms with Crippen LogP contribution in [-0.2, 0) is 4.74 Å². The van der Waals surface area contributed by atoms with Crippen molar-refractivity contribution in [1.82, 2.24) is 4.98 Å². The topological polar surface area (TPSA) is 31.4 Å². The molecule has 0 aliphatic carbocycles. The van der Waals surface area contributed by atoms with E-state index >= 15 is 0 Å². The van der Waals surface area contributed by atoms with Crippen molar-refractivity contribution in [1.29, 1.82) is 0 Å². The number of ether oxygens (including phenoxy) is 2. The zero-order valence-electron chi connectivity index (χ0n) is 6.66. The van der Waals surface area contributed by atoms with Crippen molar-refractivity contribution in [2.75, 3.05) is 20.3 Å². The lowest BCUT2D eigenvalue weighted by atomic mass is 10.7. The first kappa shape index (κ1) is 8.49. The third-order valence-electron chi connectivity index (χ3n) is 1.14. The summed E-state index contributed by atoms with van der Waals surface area (Å²) in [5, 5.41) is 2.92. The number of methoxy groups -OCH3 is 1. The van der Waals surface area contributed by atoms with Crippen LogP contribution in [0.1, 0.15) is 5.01 Å². The SMILES string of the molecule is COCCOc1csc(C)n1. The minimum Gasteiger partial charge on any atom is -0.475 e. The van der Waals surface area contributed by atoms with Crippen molar-refractivity contribution in [3.8, 4) is 5.88 Å². The van der Waals surface area contributed by atoms with Gasteiger partial charge in [-0.25, -0.2) is 4.98 Å². The number of rotatable bonds is 4. The lowest BCUT2D eigenvalue weighted by Gasteiger charge is -1.99. The molecule has 0 saturated heterocycles. The van der Waals surface area contributed by atoms with Gasteiger partial charge in [-0.05, 0) is 6.92 Å². The summed E-state index contributed by atoms with van der Waals surface area (Å²) in [5.74, 6) is 0.699. The Kier molecular flexibility index (Phi) is 3.32. The van der Waals surface area contributed by atoms with Gasteiger partial charge in [-0.1, -0.05) is 0 Å². The fraction of sp³-hybridized carbons (Fsp3) is 0.571. The van der Waals surface area contributed by atoms with Gasteiger partial charge in [-0.2, -0.15) is 0 Å². The van der Waals surface area contributed by atoms with Crippen LogP contribution in [0.2, 0.25) is 0 Å². The molecule has 0 N–H and O–H groups in total. The predicted molar refractivity (Wildman–Crippen MR) is 44.2 cm³/mol. The first-order valence-corrected chi connectivity index (χ1v) is 4.25. The van der Waals surface area contributed by atoms with Gasteiger partial charge in [0.2, 0.25) is 5.88 Å². The summed E-state index contributed by atoms with van der Waals surface area (Å²) in [6, 6.07) is 0. The molecule has 0 saturated carbocycles. The zero-order valence-corrected chi connectivity index (χ0v) is 7.48. The van der Waals surface area contributed by atoms with E-state index in [9.17, 15) is 0 Å². The largest absolute Gasteiger partial charge is 0.475 e. The Morgan fingerprint density at radius 2 is 2.36 bits per heavy atom. The van der Waals surface area contributed by atoms with Gasteiger partial charge in [0.25, 0.3) is 0 Å². The van der Waals surface area contributed by atoms with Crippen LogP contribution in [0.25, 0.3) is 0 Å². The zero-order chi connectivity index (χ0) is 8.10. The van der Waals surface area contributed by atoms with E-state index in [1.807, 2.05) is 12.3 Å². The number of aromatic nitrogens is 1. The molecule has 1 aromatic rings. The number of hydrogen-bond acceptors (Lipinski definition) is 4. The Hall–Kier alpha value is -0.610. The van der Waals surface area contributed by atoms with Gasteiger partial charge in [0.05, 0.1) is 17.0 Å². The van der Waals surface area contributed by atoms with Crippen LogP contribution in [0, 0.1) is 6.92 Å². The van der Waals surface area contributed by atoms with Crippen molar-refractivity contribution in [3.05, 3.63) is 10.4 Å². The summed E-state index contributed by atoms with van der Waals surface area (Å²) in [6.07, 6.45) is 0. The minimum absolute atomic E-state index is 0.569. The summed E-state index contributed by atoms with van der Waals surface area (Å²) < 4.78 is 10.1.